The first-order valence-electron chi connectivity index (χ1n) is 6.88. The van der Waals surface area contributed by atoms with Gasteiger partial charge in [0, 0.05) is 22.9 Å². The first-order chi connectivity index (χ1) is 10.1. The Hall–Kier alpha value is -1.33. The fraction of sp³-hybridized carbons (Fsp3) is 0.312. The first-order valence-corrected chi connectivity index (χ1v) is 7.67. The number of nitrogens with one attached hydrogen (secondary N) is 1. The summed E-state index contributed by atoms with van der Waals surface area (Å²) >= 11 is 3.39. The molecule has 1 atom stereocenters. The van der Waals surface area contributed by atoms with Crippen LogP contribution in [0, 0.1) is 11.6 Å². The Morgan fingerprint density at radius 2 is 2.05 bits per heavy atom. The Bertz CT molecular complexity index is 605. The Morgan fingerprint density at radius 3 is 2.76 bits per heavy atom. The van der Waals surface area contributed by atoms with E-state index in [1.165, 1.54) is 12.1 Å². The van der Waals surface area contributed by atoms with Crippen molar-refractivity contribution in [3.63, 3.8) is 0 Å². The van der Waals surface area contributed by atoms with Gasteiger partial charge in [0.1, 0.15) is 11.6 Å². The Balaban J connectivity index is 2.25. The second kappa shape index (κ2) is 7.61. The smallest absolute Gasteiger partial charge is 0.126 e. The van der Waals surface area contributed by atoms with Crippen LogP contribution in [0.5, 0.6) is 0 Å². The quantitative estimate of drug-likeness (QED) is 0.831. The lowest BCUT2D eigenvalue weighted by molar-refractivity contribution is 0.507. The minimum absolute atomic E-state index is 0.105. The first kappa shape index (κ1) is 16.0. The Morgan fingerprint density at radius 1 is 1.24 bits per heavy atom. The number of pyridine rings is 1. The minimum atomic E-state index is -0.423. The molecule has 1 N–H and O–H groups in total. The van der Waals surface area contributed by atoms with E-state index in [1.54, 1.807) is 12.4 Å². The molecule has 0 aliphatic carbocycles. The Kier molecular flexibility index (Phi) is 5.82. The highest BCUT2D eigenvalue weighted by atomic mass is 79.9. The van der Waals surface area contributed by atoms with E-state index in [9.17, 15) is 8.78 Å². The van der Waals surface area contributed by atoms with Crippen LogP contribution in [0.2, 0.25) is 0 Å². The molecule has 1 unspecified atom stereocenters. The SMILES string of the molecule is CCCNC(Cc1cc(F)ccc1F)c1cncc(Br)c1. The van der Waals surface area contributed by atoms with Gasteiger partial charge in [-0.3, -0.25) is 4.98 Å². The van der Waals surface area contributed by atoms with E-state index in [2.05, 4.69) is 33.2 Å². The van der Waals surface area contributed by atoms with Crippen molar-refractivity contribution in [2.24, 2.45) is 0 Å². The third kappa shape index (κ3) is 4.58. The second-order valence-electron chi connectivity index (χ2n) is 4.88. The van der Waals surface area contributed by atoms with Gasteiger partial charge in [-0.1, -0.05) is 6.92 Å². The van der Waals surface area contributed by atoms with Crippen LogP contribution in [0.3, 0.4) is 0 Å². The van der Waals surface area contributed by atoms with E-state index in [-0.39, 0.29) is 11.9 Å². The molecule has 5 heteroatoms. The molecule has 2 nitrogen and oxygen atoms in total. The molecule has 0 amide bonds. The maximum Gasteiger partial charge on any atom is 0.126 e. The fourth-order valence-electron chi connectivity index (χ4n) is 2.16. The summed E-state index contributed by atoms with van der Waals surface area (Å²) in [7, 11) is 0. The highest BCUT2D eigenvalue weighted by Gasteiger charge is 2.15. The molecule has 2 aromatic rings. The van der Waals surface area contributed by atoms with E-state index in [1.807, 2.05) is 6.07 Å². The lowest BCUT2D eigenvalue weighted by Crippen LogP contribution is -2.24. The average Bonchev–Trinajstić information content (AvgIpc) is 2.47. The van der Waals surface area contributed by atoms with Gasteiger partial charge in [0.15, 0.2) is 0 Å². The van der Waals surface area contributed by atoms with Gasteiger partial charge in [-0.05, 0) is 70.7 Å². The molecule has 1 heterocycles. The van der Waals surface area contributed by atoms with Crippen LogP contribution in [-0.2, 0) is 6.42 Å². The number of hydrogen-bond acceptors (Lipinski definition) is 2. The highest BCUT2D eigenvalue weighted by molar-refractivity contribution is 9.10. The van der Waals surface area contributed by atoms with E-state index in [0.29, 0.717) is 12.0 Å². The van der Waals surface area contributed by atoms with Crippen molar-refractivity contribution in [1.29, 1.82) is 0 Å². The average molecular weight is 355 g/mol. The monoisotopic (exact) mass is 354 g/mol. The summed E-state index contributed by atoms with van der Waals surface area (Å²) in [5.74, 6) is -0.810. The number of hydrogen-bond donors (Lipinski definition) is 1. The molecule has 0 spiro atoms. The maximum absolute atomic E-state index is 13.8. The zero-order chi connectivity index (χ0) is 15.2. The van der Waals surface area contributed by atoms with Gasteiger partial charge in [0.05, 0.1) is 0 Å². The molecule has 0 aliphatic rings. The van der Waals surface area contributed by atoms with Gasteiger partial charge in [0.2, 0.25) is 0 Å². The summed E-state index contributed by atoms with van der Waals surface area (Å²) in [6.45, 7) is 2.86. The van der Waals surface area contributed by atoms with Crippen molar-refractivity contribution in [1.82, 2.24) is 10.3 Å². The molecule has 0 aliphatic heterocycles. The van der Waals surface area contributed by atoms with E-state index in [4.69, 9.17) is 0 Å². The third-order valence-corrected chi connectivity index (χ3v) is 3.63. The predicted octanol–water partition coefficient (Wildman–Crippen LogP) is 4.41. The van der Waals surface area contributed by atoms with Gasteiger partial charge in [-0.15, -0.1) is 0 Å². The molecule has 0 fully saturated rings. The summed E-state index contributed by atoms with van der Waals surface area (Å²) in [6, 6.07) is 5.39. The van der Waals surface area contributed by atoms with Crippen molar-refractivity contribution in [2.45, 2.75) is 25.8 Å². The summed E-state index contributed by atoms with van der Waals surface area (Å²) < 4.78 is 28.0. The second-order valence-corrected chi connectivity index (χ2v) is 5.80. The molecular weight excluding hydrogens is 338 g/mol. The molecule has 1 aromatic heterocycles. The lowest BCUT2D eigenvalue weighted by Gasteiger charge is -2.19. The van der Waals surface area contributed by atoms with Crippen LogP contribution in [0.15, 0.2) is 41.1 Å². The molecule has 0 saturated heterocycles. The van der Waals surface area contributed by atoms with Crippen LogP contribution in [0.25, 0.3) is 0 Å². The number of halogens is 3. The topological polar surface area (TPSA) is 24.9 Å². The highest BCUT2D eigenvalue weighted by Crippen LogP contribution is 2.22. The van der Waals surface area contributed by atoms with E-state index in [0.717, 1.165) is 29.1 Å². The molecule has 2 rings (SSSR count). The fourth-order valence-corrected chi connectivity index (χ4v) is 2.55. The molecule has 0 saturated carbocycles. The molecule has 112 valence electrons. The van der Waals surface area contributed by atoms with E-state index >= 15 is 0 Å². The van der Waals surface area contributed by atoms with Gasteiger partial charge in [-0.25, -0.2) is 8.78 Å². The lowest BCUT2D eigenvalue weighted by atomic mass is 9.99. The maximum atomic E-state index is 13.8. The number of aromatic nitrogens is 1. The minimum Gasteiger partial charge on any atom is -0.310 e. The molecular formula is C16H17BrF2N2. The third-order valence-electron chi connectivity index (χ3n) is 3.20. The van der Waals surface area contributed by atoms with Crippen LogP contribution in [0.4, 0.5) is 8.78 Å². The van der Waals surface area contributed by atoms with Crippen molar-refractivity contribution in [3.8, 4) is 0 Å². The van der Waals surface area contributed by atoms with Crippen molar-refractivity contribution in [2.75, 3.05) is 6.54 Å². The molecule has 21 heavy (non-hydrogen) atoms. The van der Waals surface area contributed by atoms with Crippen molar-refractivity contribution in [3.05, 3.63) is 63.9 Å². The van der Waals surface area contributed by atoms with Crippen LogP contribution >= 0.6 is 15.9 Å². The zero-order valence-corrected chi connectivity index (χ0v) is 13.3. The standard InChI is InChI=1S/C16H17BrF2N2/c1-2-5-21-16(12-6-13(17)10-20-9-12)8-11-7-14(18)3-4-15(11)19/h3-4,6-7,9-10,16,21H,2,5,8H2,1H3. The van der Waals surface area contributed by atoms with Gasteiger partial charge in [-0.2, -0.15) is 0 Å². The number of rotatable bonds is 6. The summed E-state index contributed by atoms with van der Waals surface area (Å²) in [4.78, 5) is 4.14. The number of nitrogens with zero attached hydrogens (tertiary/aromatic N) is 1. The van der Waals surface area contributed by atoms with Gasteiger partial charge >= 0.3 is 0 Å². The van der Waals surface area contributed by atoms with Gasteiger partial charge < -0.3 is 5.32 Å². The molecule has 1 aromatic carbocycles. The summed E-state index contributed by atoms with van der Waals surface area (Å²) in [5.41, 5.74) is 1.31. The van der Waals surface area contributed by atoms with Crippen LogP contribution < -0.4 is 5.32 Å². The zero-order valence-electron chi connectivity index (χ0n) is 11.7. The normalized spacial score (nSPS) is 12.4. The van der Waals surface area contributed by atoms with Crippen molar-refractivity contribution >= 4 is 15.9 Å². The van der Waals surface area contributed by atoms with Crippen molar-refractivity contribution < 1.29 is 8.78 Å². The predicted molar refractivity (Wildman–Crippen MR) is 83.0 cm³/mol. The summed E-state index contributed by atoms with van der Waals surface area (Å²) in [5, 5.41) is 3.36. The van der Waals surface area contributed by atoms with Crippen LogP contribution in [-0.4, -0.2) is 11.5 Å². The van der Waals surface area contributed by atoms with E-state index < -0.39 is 5.82 Å². The largest absolute Gasteiger partial charge is 0.310 e. The van der Waals surface area contributed by atoms with Crippen LogP contribution in [0.1, 0.15) is 30.5 Å². The Labute approximate surface area is 131 Å². The molecule has 0 radical (unpaired) electrons. The number of benzene rings is 1. The van der Waals surface area contributed by atoms with Gasteiger partial charge in [0.25, 0.3) is 0 Å². The summed E-state index contributed by atoms with van der Waals surface area (Å²) in [6.07, 6.45) is 4.78. The molecule has 0 bridgehead atoms.